The third-order valence-corrected chi connectivity index (χ3v) is 2.46. The van der Waals surface area contributed by atoms with Crippen molar-refractivity contribution in [2.75, 3.05) is 6.61 Å². The second-order valence-corrected chi connectivity index (χ2v) is 3.23. The summed E-state index contributed by atoms with van der Waals surface area (Å²) in [7, 11) is 0. The molecule has 0 spiro atoms. The lowest BCUT2D eigenvalue weighted by Gasteiger charge is -2.10. The minimum absolute atomic E-state index is 0.188. The first-order chi connectivity index (χ1) is 7.13. The topological polar surface area (TPSA) is 92.1 Å². The number of carbonyl (C=O) groups is 2. The zero-order chi connectivity index (χ0) is 11.5. The van der Waals surface area contributed by atoms with Crippen molar-refractivity contribution in [3.63, 3.8) is 0 Å². The molecule has 1 rings (SSSR count). The van der Waals surface area contributed by atoms with Crippen molar-refractivity contribution in [2.24, 2.45) is 16.4 Å². The zero-order valence-corrected chi connectivity index (χ0v) is 8.34. The smallest absolute Gasteiger partial charge is 0.320 e. The Morgan fingerprint density at radius 1 is 1.80 bits per heavy atom. The second kappa shape index (κ2) is 4.14. The van der Waals surface area contributed by atoms with Gasteiger partial charge in [0.15, 0.2) is 0 Å². The van der Waals surface area contributed by atoms with E-state index in [0.717, 1.165) is 0 Å². The average Bonchev–Trinajstić information content (AvgIpc) is 2.94. The number of amides is 1. The van der Waals surface area contributed by atoms with Gasteiger partial charge in [-0.05, 0) is 24.0 Å². The summed E-state index contributed by atoms with van der Waals surface area (Å²) in [6, 6.07) is 0. The highest BCUT2D eigenvalue weighted by molar-refractivity contribution is 6.07. The van der Waals surface area contributed by atoms with Crippen LogP contribution in [0, 0.1) is 11.3 Å². The summed E-state index contributed by atoms with van der Waals surface area (Å²) in [6.07, 6.45) is 1.81. The Bertz CT molecular complexity index is 360. The quantitative estimate of drug-likeness (QED) is 0.176. The maximum atomic E-state index is 11.5. The molecular weight excluding hydrogens is 198 g/mol. The number of nitrogens with zero attached hydrogens (tertiary/aromatic N) is 3. The standard InChI is InChI=1S/C9H11N3O3/c1-3-6-5-9(6,7(13)11-12-10)8(14)15-4-2/h3,6H,1,4-5H2,2H3/t6-,9+/m1/s1. The maximum absolute atomic E-state index is 11.5. The van der Waals surface area contributed by atoms with Gasteiger partial charge in [0.1, 0.15) is 5.41 Å². The lowest BCUT2D eigenvalue weighted by atomic mass is 10.0. The summed E-state index contributed by atoms with van der Waals surface area (Å²) in [5, 5.41) is 2.95. The average molecular weight is 209 g/mol. The first-order valence-electron chi connectivity index (χ1n) is 4.52. The Hall–Kier alpha value is -1.81. The van der Waals surface area contributed by atoms with Gasteiger partial charge in [-0.3, -0.25) is 9.59 Å². The van der Waals surface area contributed by atoms with E-state index in [4.69, 9.17) is 10.3 Å². The van der Waals surface area contributed by atoms with E-state index in [1.54, 1.807) is 6.92 Å². The number of rotatable bonds is 4. The SMILES string of the molecule is C=C[C@@H]1C[C@]1(C(=O)N=[N+]=[N-])C(=O)OCC. The molecule has 1 aliphatic carbocycles. The number of carbonyl (C=O) groups excluding carboxylic acids is 2. The molecular formula is C9H11N3O3. The van der Waals surface area contributed by atoms with Crippen LogP contribution in [0.25, 0.3) is 10.4 Å². The van der Waals surface area contributed by atoms with Gasteiger partial charge in [-0.2, -0.15) is 0 Å². The van der Waals surface area contributed by atoms with E-state index in [-0.39, 0.29) is 12.5 Å². The van der Waals surface area contributed by atoms with Crippen molar-refractivity contribution in [1.82, 2.24) is 0 Å². The van der Waals surface area contributed by atoms with Crippen LogP contribution in [0.1, 0.15) is 13.3 Å². The van der Waals surface area contributed by atoms with Crippen LogP contribution in [-0.4, -0.2) is 18.5 Å². The van der Waals surface area contributed by atoms with Crippen LogP contribution in [-0.2, 0) is 14.3 Å². The predicted octanol–water partition coefficient (Wildman–Crippen LogP) is 1.58. The van der Waals surface area contributed by atoms with Crippen molar-refractivity contribution in [3.8, 4) is 0 Å². The van der Waals surface area contributed by atoms with E-state index in [9.17, 15) is 9.59 Å². The van der Waals surface area contributed by atoms with Gasteiger partial charge in [0.2, 0.25) is 5.91 Å². The van der Waals surface area contributed by atoms with Crippen LogP contribution in [0.4, 0.5) is 0 Å². The van der Waals surface area contributed by atoms with E-state index in [0.29, 0.717) is 6.42 Å². The van der Waals surface area contributed by atoms with Crippen molar-refractivity contribution in [2.45, 2.75) is 13.3 Å². The molecule has 0 heterocycles. The molecule has 1 aliphatic rings. The highest BCUT2D eigenvalue weighted by atomic mass is 16.5. The molecule has 0 aromatic rings. The minimum atomic E-state index is -1.30. The van der Waals surface area contributed by atoms with Crippen molar-refractivity contribution in [3.05, 3.63) is 23.1 Å². The van der Waals surface area contributed by atoms with Gasteiger partial charge in [-0.1, -0.05) is 6.08 Å². The molecule has 0 N–H and O–H groups in total. The van der Waals surface area contributed by atoms with Crippen LogP contribution in [0.5, 0.6) is 0 Å². The largest absolute Gasteiger partial charge is 0.465 e. The molecule has 6 nitrogen and oxygen atoms in total. The van der Waals surface area contributed by atoms with E-state index in [1.807, 2.05) is 0 Å². The fourth-order valence-corrected chi connectivity index (χ4v) is 1.53. The summed E-state index contributed by atoms with van der Waals surface area (Å²) in [4.78, 5) is 25.4. The number of ether oxygens (including phenoxy) is 1. The van der Waals surface area contributed by atoms with E-state index in [2.05, 4.69) is 16.6 Å². The van der Waals surface area contributed by atoms with Crippen molar-refractivity contribution in [1.29, 1.82) is 0 Å². The number of hydrogen-bond acceptors (Lipinski definition) is 3. The van der Waals surface area contributed by atoms with Gasteiger partial charge in [0.25, 0.3) is 0 Å². The molecule has 15 heavy (non-hydrogen) atoms. The summed E-state index contributed by atoms with van der Waals surface area (Å²) in [5.74, 6) is -1.70. The monoisotopic (exact) mass is 209 g/mol. The summed E-state index contributed by atoms with van der Waals surface area (Å²) in [6.45, 7) is 5.34. The molecule has 80 valence electrons. The van der Waals surface area contributed by atoms with Crippen molar-refractivity contribution >= 4 is 11.9 Å². The Morgan fingerprint density at radius 2 is 2.47 bits per heavy atom. The number of hydrogen-bond donors (Lipinski definition) is 0. The Labute approximate surface area is 86.5 Å². The molecule has 6 heteroatoms. The molecule has 1 fully saturated rings. The van der Waals surface area contributed by atoms with Crippen LogP contribution in [0.3, 0.4) is 0 Å². The van der Waals surface area contributed by atoms with E-state index < -0.39 is 17.3 Å². The molecule has 0 saturated heterocycles. The van der Waals surface area contributed by atoms with Gasteiger partial charge in [0, 0.05) is 10.8 Å². The third kappa shape index (κ3) is 1.71. The first kappa shape index (κ1) is 11.3. The molecule has 0 aromatic heterocycles. The fourth-order valence-electron chi connectivity index (χ4n) is 1.53. The van der Waals surface area contributed by atoms with E-state index >= 15 is 0 Å². The Kier molecular flexibility index (Phi) is 3.11. The normalized spacial score (nSPS) is 27.4. The molecule has 0 unspecified atom stereocenters. The van der Waals surface area contributed by atoms with E-state index in [1.165, 1.54) is 6.08 Å². The third-order valence-electron chi connectivity index (χ3n) is 2.46. The molecule has 0 aromatic carbocycles. The molecule has 0 radical (unpaired) electrons. The van der Waals surface area contributed by atoms with Crippen molar-refractivity contribution < 1.29 is 14.3 Å². The summed E-state index contributed by atoms with van der Waals surface area (Å²) < 4.78 is 4.78. The highest BCUT2D eigenvalue weighted by Crippen LogP contribution is 2.55. The summed E-state index contributed by atoms with van der Waals surface area (Å²) in [5.41, 5.74) is 6.86. The van der Waals surface area contributed by atoms with Crippen LogP contribution >= 0.6 is 0 Å². The second-order valence-electron chi connectivity index (χ2n) is 3.23. The molecule has 0 aliphatic heterocycles. The Balaban J connectivity index is 2.91. The Morgan fingerprint density at radius 3 is 2.87 bits per heavy atom. The number of azide groups is 1. The van der Waals surface area contributed by atoms with Crippen LogP contribution in [0.2, 0.25) is 0 Å². The van der Waals surface area contributed by atoms with Gasteiger partial charge < -0.3 is 4.74 Å². The lowest BCUT2D eigenvalue weighted by Crippen LogP contribution is -2.28. The molecule has 2 atom stereocenters. The van der Waals surface area contributed by atoms with Gasteiger partial charge in [-0.25, -0.2) is 0 Å². The minimum Gasteiger partial charge on any atom is -0.465 e. The van der Waals surface area contributed by atoms with Gasteiger partial charge in [-0.15, -0.1) is 6.58 Å². The van der Waals surface area contributed by atoms with Gasteiger partial charge in [0.05, 0.1) is 6.61 Å². The van der Waals surface area contributed by atoms with Crippen LogP contribution < -0.4 is 0 Å². The number of esters is 1. The molecule has 0 bridgehead atoms. The zero-order valence-electron chi connectivity index (χ0n) is 8.34. The fraction of sp³-hybridized carbons (Fsp3) is 0.556. The molecule has 1 amide bonds. The summed E-state index contributed by atoms with van der Waals surface area (Å²) >= 11 is 0. The van der Waals surface area contributed by atoms with Crippen LogP contribution in [0.15, 0.2) is 17.8 Å². The first-order valence-corrected chi connectivity index (χ1v) is 4.52. The highest BCUT2D eigenvalue weighted by Gasteiger charge is 2.64. The predicted molar refractivity (Wildman–Crippen MR) is 51.5 cm³/mol. The maximum Gasteiger partial charge on any atom is 0.320 e. The lowest BCUT2D eigenvalue weighted by molar-refractivity contribution is -0.153. The molecule has 1 saturated carbocycles. The van der Waals surface area contributed by atoms with Gasteiger partial charge >= 0.3 is 5.97 Å². The number of allylic oxidation sites excluding steroid dienone is 1.